The number of carbonyl (C=O) groups excluding carboxylic acids is 1. The fraction of sp³-hybridized carbons (Fsp3) is 0.400. The molecule has 0 aromatic carbocycles. The number of nitrogens with zero attached hydrogens (tertiary/aromatic N) is 1. The van der Waals surface area contributed by atoms with Crippen molar-refractivity contribution in [2.45, 2.75) is 13.0 Å². The minimum atomic E-state index is -0.302. The van der Waals surface area contributed by atoms with Crippen molar-refractivity contribution >= 4 is 5.91 Å². The number of nitrogens with one attached hydrogen (secondary N) is 2. The number of carbonyl (C=O) groups is 1. The predicted molar refractivity (Wildman–Crippen MR) is 55.1 cm³/mol. The molecule has 0 fully saturated rings. The maximum Gasteiger partial charge on any atom is 0.290 e. The Morgan fingerprint density at radius 3 is 3.12 bits per heavy atom. The Morgan fingerprint density at radius 1 is 1.62 bits per heavy atom. The summed E-state index contributed by atoms with van der Waals surface area (Å²) < 4.78 is 10.2. The summed E-state index contributed by atoms with van der Waals surface area (Å²) in [6.07, 6.45) is 4.67. The Labute approximate surface area is 92.7 Å². The monoisotopic (exact) mass is 223 g/mol. The van der Waals surface area contributed by atoms with E-state index in [2.05, 4.69) is 15.3 Å². The molecular weight excluding hydrogens is 210 g/mol. The summed E-state index contributed by atoms with van der Waals surface area (Å²) in [6.45, 7) is 2.71. The lowest BCUT2D eigenvalue weighted by Gasteiger charge is -2.17. The zero-order valence-corrected chi connectivity index (χ0v) is 8.90. The van der Waals surface area contributed by atoms with Crippen LogP contribution in [0.3, 0.4) is 0 Å². The third kappa shape index (κ3) is 2.33. The van der Waals surface area contributed by atoms with Gasteiger partial charge in [-0.3, -0.25) is 4.79 Å². The van der Waals surface area contributed by atoms with Gasteiger partial charge >= 0.3 is 0 Å². The van der Waals surface area contributed by atoms with Crippen LogP contribution < -0.4 is 5.32 Å². The van der Waals surface area contributed by atoms with Gasteiger partial charge in [-0.2, -0.15) is 0 Å². The number of rotatable bonds is 3. The molecule has 1 aliphatic heterocycles. The molecule has 1 aromatic rings. The van der Waals surface area contributed by atoms with Crippen LogP contribution in [0, 0.1) is 0 Å². The summed E-state index contributed by atoms with van der Waals surface area (Å²) in [5, 5.41) is 2.75. The summed E-state index contributed by atoms with van der Waals surface area (Å²) in [7, 11) is 0. The zero-order chi connectivity index (χ0) is 11.4. The molecule has 0 radical (unpaired) electrons. The van der Waals surface area contributed by atoms with Crippen molar-refractivity contribution in [1.82, 2.24) is 15.3 Å². The van der Waals surface area contributed by atoms with Crippen molar-refractivity contribution in [2.24, 2.45) is 0 Å². The highest BCUT2D eigenvalue weighted by Gasteiger charge is 2.18. The largest absolute Gasteiger partial charge is 0.494 e. The number of amides is 1. The van der Waals surface area contributed by atoms with Crippen molar-refractivity contribution in [1.29, 1.82) is 0 Å². The Kier molecular flexibility index (Phi) is 3.09. The maximum atomic E-state index is 11.7. The molecule has 1 aromatic heterocycles. The Bertz CT molecular complexity index is 386. The molecule has 86 valence electrons. The molecule has 2 N–H and O–H groups in total. The van der Waals surface area contributed by atoms with Gasteiger partial charge in [0.1, 0.15) is 25.3 Å². The number of ether oxygens (including phenoxy) is 2. The Morgan fingerprint density at radius 2 is 2.50 bits per heavy atom. The van der Waals surface area contributed by atoms with E-state index in [4.69, 9.17) is 9.47 Å². The highest BCUT2D eigenvalue weighted by Crippen LogP contribution is 2.09. The first-order chi connectivity index (χ1) is 7.77. The standard InChI is InChI=1S/C10H13N3O3/c1-7(9-11-2-3-12-9)13-10(14)8-6-15-4-5-16-8/h2-3,6-7H,4-5H2,1H3,(H,11,12)(H,13,14). The quantitative estimate of drug-likeness (QED) is 0.781. The Hall–Kier alpha value is -1.98. The van der Waals surface area contributed by atoms with Gasteiger partial charge in [-0.1, -0.05) is 0 Å². The zero-order valence-electron chi connectivity index (χ0n) is 8.90. The van der Waals surface area contributed by atoms with Crippen LogP contribution >= 0.6 is 0 Å². The van der Waals surface area contributed by atoms with Crippen molar-refractivity contribution in [3.05, 3.63) is 30.2 Å². The smallest absolute Gasteiger partial charge is 0.290 e. The lowest BCUT2D eigenvalue weighted by molar-refractivity contribution is -0.122. The molecule has 2 heterocycles. The average Bonchev–Trinajstić information content (AvgIpc) is 2.83. The number of aromatic nitrogens is 2. The molecular formula is C10H13N3O3. The third-order valence-corrected chi connectivity index (χ3v) is 2.15. The summed E-state index contributed by atoms with van der Waals surface area (Å²) in [6, 6.07) is -0.200. The minimum absolute atomic E-state index is 0.199. The van der Waals surface area contributed by atoms with Gasteiger partial charge < -0.3 is 19.8 Å². The van der Waals surface area contributed by atoms with Gasteiger partial charge in [-0.25, -0.2) is 4.98 Å². The summed E-state index contributed by atoms with van der Waals surface area (Å²) in [4.78, 5) is 18.7. The first-order valence-electron chi connectivity index (χ1n) is 5.02. The molecule has 0 saturated carbocycles. The van der Waals surface area contributed by atoms with Crippen molar-refractivity contribution in [3.63, 3.8) is 0 Å². The van der Waals surface area contributed by atoms with Crippen molar-refractivity contribution in [2.75, 3.05) is 13.2 Å². The van der Waals surface area contributed by atoms with Gasteiger partial charge in [0.05, 0.1) is 6.04 Å². The molecule has 1 amide bonds. The summed E-state index contributed by atoms with van der Waals surface area (Å²) in [5.74, 6) is 0.596. The van der Waals surface area contributed by atoms with Crippen molar-refractivity contribution < 1.29 is 14.3 Å². The van der Waals surface area contributed by atoms with E-state index in [0.717, 1.165) is 0 Å². The fourth-order valence-corrected chi connectivity index (χ4v) is 1.34. The van der Waals surface area contributed by atoms with E-state index < -0.39 is 0 Å². The molecule has 0 saturated heterocycles. The SMILES string of the molecule is CC(NC(=O)C1=COCCO1)c1ncc[nH]1. The highest BCUT2D eigenvalue weighted by atomic mass is 16.6. The number of H-pyrrole nitrogens is 1. The Balaban J connectivity index is 1.94. The second-order valence-electron chi connectivity index (χ2n) is 3.37. The number of hydrogen-bond donors (Lipinski definition) is 2. The number of aromatic amines is 1. The topological polar surface area (TPSA) is 76.2 Å². The minimum Gasteiger partial charge on any atom is -0.494 e. The first-order valence-corrected chi connectivity index (χ1v) is 5.02. The lowest BCUT2D eigenvalue weighted by atomic mass is 10.3. The van der Waals surface area contributed by atoms with Crippen LogP contribution in [0.1, 0.15) is 18.8 Å². The van der Waals surface area contributed by atoms with E-state index in [9.17, 15) is 4.79 Å². The number of hydrogen-bond acceptors (Lipinski definition) is 4. The molecule has 16 heavy (non-hydrogen) atoms. The lowest BCUT2D eigenvalue weighted by Crippen LogP contribution is -2.31. The first kappa shape index (κ1) is 10.5. The highest BCUT2D eigenvalue weighted by molar-refractivity contribution is 5.91. The molecule has 0 spiro atoms. The molecule has 0 bridgehead atoms. The van der Waals surface area contributed by atoms with Crippen LogP contribution in [0.4, 0.5) is 0 Å². The van der Waals surface area contributed by atoms with Crippen LogP contribution in [-0.4, -0.2) is 29.1 Å². The second kappa shape index (κ2) is 4.69. The molecule has 1 atom stereocenters. The van der Waals surface area contributed by atoms with Crippen LogP contribution in [0.25, 0.3) is 0 Å². The summed E-state index contributed by atoms with van der Waals surface area (Å²) in [5.41, 5.74) is 0. The van der Waals surface area contributed by atoms with Gasteiger partial charge in [0, 0.05) is 12.4 Å². The van der Waals surface area contributed by atoms with E-state index >= 15 is 0 Å². The van der Waals surface area contributed by atoms with Gasteiger partial charge in [0.25, 0.3) is 5.91 Å². The third-order valence-electron chi connectivity index (χ3n) is 2.15. The number of imidazole rings is 1. The van der Waals surface area contributed by atoms with E-state index in [-0.39, 0.29) is 17.7 Å². The van der Waals surface area contributed by atoms with E-state index in [1.54, 1.807) is 12.4 Å². The maximum absolute atomic E-state index is 11.7. The molecule has 1 aliphatic rings. The molecule has 2 rings (SSSR count). The van der Waals surface area contributed by atoms with E-state index in [1.165, 1.54) is 6.26 Å². The van der Waals surface area contributed by atoms with Crippen LogP contribution in [0.15, 0.2) is 24.4 Å². The molecule has 0 aliphatic carbocycles. The van der Waals surface area contributed by atoms with Crippen LogP contribution in [-0.2, 0) is 14.3 Å². The van der Waals surface area contributed by atoms with Gasteiger partial charge in [-0.15, -0.1) is 0 Å². The molecule has 6 nitrogen and oxygen atoms in total. The second-order valence-corrected chi connectivity index (χ2v) is 3.37. The van der Waals surface area contributed by atoms with Gasteiger partial charge in [0.15, 0.2) is 0 Å². The van der Waals surface area contributed by atoms with Gasteiger partial charge in [0.2, 0.25) is 5.76 Å². The fourth-order valence-electron chi connectivity index (χ4n) is 1.34. The average molecular weight is 223 g/mol. The predicted octanol–water partition coefficient (Wildman–Crippen LogP) is 0.475. The van der Waals surface area contributed by atoms with E-state index in [0.29, 0.717) is 19.0 Å². The van der Waals surface area contributed by atoms with Crippen molar-refractivity contribution in [3.8, 4) is 0 Å². The van der Waals surface area contributed by atoms with Crippen LogP contribution in [0.5, 0.6) is 0 Å². The van der Waals surface area contributed by atoms with Crippen LogP contribution in [0.2, 0.25) is 0 Å². The summed E-state index contributed by atoms with van der Waals surface area (Å²) >= 11 is 0. The molecule has 6 heteroatoms. The van der Waals surface area contributed by atoms with Gasteiger partial charge in [-0.05, 0) is 6.92 Å². The molecule has 1 unspecified atom stereocenters. The normalized spacial score (nSPS) is 16.7. The van der Waals surface area contributed by atoms with E-state index in [1.807, 2.05) is 6.92 Å².